The van der Waals surface area contributed by atoms with Crippen molar-refractivity contribution in [2.45, 2.75) is 167 Å². The molecule has 0 aromatic carbocycles. The van der Waals surface area contributed by atoms with Gasteiger partial charge in [0.25, 0.3) is 11.8 Å². The zero-order chi connectivity index (χ0) is 39.1. The van der Waals surface area contributed by atoms with Crippen LogP contribution in [0.3, 0.4) is 0 Å². The summed E-state index contributed by atoms with van der Waals surface area (Å²) >= 11 is 0. The Kier molecular flexibility index (Phi) is 20.8. The number of ketones is 1. The highest BCUT2D eigenvalue weighted by molar-refractivity contribution is 6.38. The maximum Gasteiger partial charge on any atom is 0.289 e. The second-order valence-electron chi connectivity index (χ2n) is 15.2. The Bertz CT molecular complexity index is 1300. The van der Waals surface area contributed by atoms with E-state index >= 15 is 0 Å². The molecule has 3 aliphatic carbocycles. The number of aromatic nitrogens is 2. The second-order valence-corrected chi connectivity index (χ2v) is 15.2. The van der Waals surface area contributed by atoms with Crippen LogP contribution in [-0.2, 0) is 24.0 Å². The number of carbonyl (C=O) groups is 6. The summed E-state index contributed by atoms with van der Waals surface area (Å²) in [5.41, 5.74) is 0.0723. The Morgan fingerprint density at radius 1 is 0.741 bits per heavy atom. The molecule has 1 aromatic heterocycles. The molecule has 1 aliphatic heterocycles. The van der Waals surface area contributed by atoms with Crippen LogP contribution in [0.1, 0.15) is 160 Å². The highest BCUT2D eigenvalue weighted by Crippen LogP contribution is 2.32. The number of likely N-dealkylation sites (tertiary alicyclic amines) is 1. The molecule has 5 rings (SSSR count). The van der Waals surface area contributed by atoms with Crippen molar-refractivity contribution in [2.24, 2.45) is 11.8 Å². The third-order valence-corrected chi connectivity index (χ3v) is 10.9. The molecule has 4 fully saturated rings. The minimum absolute atomic E-state index is 0.0723. The highest BCUT2D eigenvalue weighted by atomic mass is 16.2. The van der Waals surface area contributed by atoms with E-state index in [9.17, 15) is 28.8 Å². The average Bonchev–Trinajstić information content (AvgIpc) is 3.70. The van der Waals surface area contributed by atoms with Gasteiger partial charge in [-0.05, 0) is 50.4 Å². The zero-order valence-electron chi connectivity index (χ0n) is 33.2. The first-order valence-electron chi connectivity index (χ1n) is 21.0. The van der Waals surface area contributed by atoms with Crippen LogP contribution in [0.5, 0.6) is 0 Å². The molecule has 1 aromatic rings. The lowest BCUT2D eigenvalue weighted by atomic mass is 9.80. The highest BCUT2D eigenvalue weighted by Gasteiger charge is 2.42. The van der Waals surface area contributed by atoms with Gasteiger partial charge in [-0.25, -0.2) is 4.98 Å². The van der Waals surface area contributed by atoms with E-state index in [1.54, 1.807) is 0 Å². The molecule has 0 spiro atoms. The quantitative estimate of drug-likeness (QED) is 0.177. The largest absolute Gasteiger partial charge is 0.349 e. The summed E-state index contributed by atoms with van der Waals surface area (Å²) in [7, 11) is 0. The molecule has 3 saturated carbocycles. The van der Waals surface area contributed by atoms with E-state index in [2.05, 4.69) is 45.1 Å². The Balaban J connectivity index is 0.000000684. The van der Waals surface area contributed by atoms with Crippen molar-refractivity contribution >= 4 is 35.3 Å². The van der Waals surface area contributed by atoms with E-state index in [1.165, 1.54) is 74.9 Å². The molecule has 4 N–H and O–H groups in total. The second kappa shape index (κ2) is 25.2. The van der Waals surface area contributed by atoms with Crippen molar-refractivity contribution in [3.05, 3.63) is 24.3 Å². The van der Waals surface area contributed by atoms with Gasteiger partial charge < -0.3 is 26.2 Å². The first kappa shape index (κ1) is 44.5. The third-order valence-electron chi connectivity index (χ3n) is 10.9. The molecule has 54 heavy (non-hydrogen) atoms. The van der Waals surface area contributed by atoms with Crippen LogP contribution < -0.4 is 21.3 Å². The minimum atomic E-state index is -0.950. The summed E-state index contributed by atoms with van der Waals surface area (Å²) in [5.74, 6) is -3.07. The number of hydrogen-bond donors (Lipinski definition) is 4. The summed E-state index contributed by atoms with van der Waals surface area (Å²) in [5, 5.41) is 10.8. The number of nitrogens with one attached hydrogen (secondary N) is 4. The van der Waals surface area contributed by atoms with Crippen LogP contribution in [0.25, 0.3) is 0 Å². The van der Waals surface area contributed by atoms with Crippen molar-refractivity contribution in [3.63, 3.8) is 0 Å². The Morgan fingerprint density at radius 3 is 1.94 bits per heavy atom. The topological polar surface area (TPSA) is 180 Å². The van der Waals surface area contributed by atoms with Gasteiger partial charge in [0.05, 0.1) is 18.8 Å². The van der Waals surface area contributed by atoms with Crippen molar-refractivity contribution in [3.8, 4) is 0 Å². The Labute approximate surface area is 322 Å². The van der Waals surface area contributed by atoms with Crippen molar-refractivity contribution in [1.82, 2.24) is 36.1 Å². The lowest BCUT2D eigenvalue weighted by Gasteiger charge is -2.35. The lowest BCUT2D eigenvalue weighted by molar-refractivity contribution is -0.144. The molecule has 13 nitrogen and oxygen atoms in total. The van der Waals surface area contributed by atoms with Gasteiger partial charge in [0, 0.05) is 25.5 Å². The van der Waals surface area contributed by atoms with Gasteiger partial charge in [-0.1, -0.05) is 111 Å². The van der Waals surface area contributed by atoms with E-state index in [4.69, 9.17) is 0 Å². The van der Waals surface area contributed by atoms with E-state index in [-0.39, 0.29) is 30.0 Å². The van der Waals surface area contributed by atoms with Crippen LogP contribution in [0.4, 0.5) is 0 Å². The summed E-state index contributed by atoms with van der Waals surface area (Å²) in [6, 6.07) is -2.61. The van der Waals surface area contributed by atoms with Gasteiger partial charge >= 0.3 is 0 Å². The number of nitrogens with zero attached hydrogens (tertiary/aromatic N) is 3. The van der Waals surface area contributed by atoms with Gasteiger partial charge in [0.1, 0.15) is 17.8 Å². The first-order chi connectivity index (χ1) is 26.2. The molecule has 4 aliphatic rings. The number of hydrogen-bond acceptors (Lipinski definition) is 8. The van der Waals surface area contributed by atoms with Gasteiger partial charge in [0.15, 0.2) is 0 Å². The summed E-state index contributed by atoms with van der Waals surface area (Å²) in [4.78, 5) is 87.8. The van der Waals surface area contributed by atoms with Crippen LogP contribution in [-0.4, -0.2) is 87.9 Å². The van der Waals surface area contributed by atoms with Gasteiger partial charge in [-0.15, -0.1) is 0 Å². The van der Waals surface area contributed by atoms with E-state index in [0.717, 1.165) is 51.4 Å². The molecule has 1 saturated heterocycles. The zero-order valence-corrected chi connectivity index (χ0v) is 33.2. The molecular weight excluding hydrogens is 686 g/mol. The fourth-order valence-electron chi connectivity index (χ4n) is 7.33. The summed E-state index contributed by atoms with van der Waals surface area (Å²) in [6.45, 7) is 6.62. The number of rotatable bonds is 15. The first-order valence-corrected chi connectivity index (χ1v) is 21.0. The molecule has 2 heterocycles. The van der Waals surface area contributed by atoms with E-state index in [1.807, 2.05) is 6.92 Å². The Morgan fingerprint density at radius 2 is 1.39 bits per heavy atom. The monoisotopic (exact) mass is 754 g/mol. The molecule has 5 amide bonds. The molecular formula is C41H67N7O6. The molecule has 3 unspecified atom stereocenters. The fraction of sp³-hybridized carbons (Fsp3) is 0.756. The third kappa shape index (κ3) is 15.1. The predicted octanol–water partition coefficient (Wildman–Crippen LogP) is 5.18. The van der Waals surface area contributed by atoms with Gasteiger partial charge in [-0.2, -0.15) is 0 Å². The number of Topliss-reactive ketones (excluding diaryl/α,β-unsaturated/α-hetero) is 1. The van der Waals surface area contributed by atoms with Gasteiger partial charge in [0.2, 0.25) is 23.5 Å². The van der Waals surface area contributed by atoms with Crippen molar-refractivity contribution in [2.75, 3.05) is 19.6 Å². The molecule has 0 radical (unpaired) electrons. The standard InChI is InChI=1S/C31H45N7O6.C6H12.C4H10/c1-2-13-34-30(43)27(40)22(17-20-8-6-9-20)36-29(42)24-12-7-16-38(24)31(44)26(21-10-4-3-5-11-21)37-25(39)19-35-28(41)23-18-32-14-15-33-23;1-2-4-6-5-3-1;1-3-4-2/h14-15,18,20-22,24,26H,2-13,16-17,19H2,1H3,(H,34,43)(H,35,41)(H,36,42)(H,37,39);1-6H2;3-4H2,1-2H3. The van der Waals surface area contributed by atoms with E-state index in [0.29, 0.717) is 38.8 Å². The number of carbonyl (C=O) groups excluding carboxylic acids is 6. The van der Waals surface area contributed by atoms with Crippen LogP contribution in [0, 0.1) is 11.8 Å². The number of amides is 5. The van der Waals surface area contributed by atoms with E-state index < -0.39 is 47.5 Å². The maximum absolute atomic E-state index is 14.0. The average molecular weight is 754 g/mol. The Hall–Kier alpha value is -3.90. The molecule has 302 valence electrons. The van der Waals surface area contributed by atoms with Crippen LogP contribution in [0.2, 0.25) is 0 Å². The van der Waals surface area contributed by atoms with Crippen molar-refractivity contribution in [1.29, 1.82) is 0 Å². The maximum atomic E-state index is 14.0. The summed E-state index contributed by atoms with van der Waals surface area (Å²) in [6.07, 6.45) is 25.2. The fourth-order valence-corrected chi connectivity index (χ4v) is 7.33. The lowest BCUT2D eigenvalue weighted by Crippen LogP contribution is -2.58. The smallest absolute Gasteiger partial charge is 0.289 e. The molecule has 0 bridgehead atoms. The molecule has 3 atom stereocenters. The summed E-state index contributed by atoms with van der Waals surface area (Å²) < 4.78 is 0. The van der Waals surface area contributed by atoms with Crippen molar-refractivity contribution < 1.29 is 28.8 Å². The SMILES string of the molecule is C1CCCCC1.CCCC.CCCNC(=O)C(=O)C(CC1CCC1)NC(=O)C1CCCN1C(=O)C(NC(=O)CNC(=O)c1cnccn1)C1CCCCC1. The molecule has 13 heteroatoms. The van der Waals surface area contributed by atoms with Crippen LogP contribution >= 0.6 is 0 Å². The predicted molar refractivity (Wildman–Crippen MR) is 208 cm³/mol. The van der Waals surface area contributed by atoms with Gasteiger partial charge in [-0.3, -0.25) is 33.8 Å². The number of unbranched alkanes of at least 4 members (excludes halogenated alkanes) is 1. The normalized spacial score (nSPS) is 19.6. The minimum Gasteiger partial charge on any atom is -0.349 e. The van der Waals surface area contributed by atoms with Crippen LogP contribution in [0.15, 0.2) is 18.6 Å².